The van der Waals surface area contributed by atoms with Gasteiger partial charge in [-0.15, -0.1) is 0 Å². The van der Waals surface area contributed by atoms with Crippen molar-refractivity contribution in [1.82, 2.24) is 0 Å². The van der Waals surface area contributed by atoms with Crippen molar-refractivity contribution in [2.24, 2.45) is 0 Å². The lowest BCUT2D eigenvalue weighted by atomic mass is 10.5. The Morgan fingerprint density at radius 3 is 1.86 bits per heavy atom. The van der Waals surface area contributed by atoms with Crippen molar-refractivity contribution in [3.63, 3.8) is 0 Å². The van der Waals surface area contributed by atoms with Crippen molar-refractivity contribution >= 4 is 23.5 Å². The number of aliphatic hydroxyl groups is 1. The van der Waals surface area contributed by atoms with Gasteiger partial charge in [0, 0.05) is 23.0 Å². The Morgan fingerprint density at radius 1 is 0.857 bits per heavy atom. The van der Waals surface area contributed by atoms with Gasteiger partial charge in [0.15, 0.2) is 0 Å². The molecule has 0 aromatic heterocycles. The van der Waals surface area contributed by atoms with Gasteiger partial charge in [-0.05, 0) is 0 Å². The fourth-order valence-electron chi connectivity index (χ4n) is 1.04. The molecule has 0 unspecified atom stereocenters. The number of ether oxygens (including phenoxy) is 2. The van der Waals surface area contributed by atoms with E-state index in [4.69, 9.17) is 9.47 Å². The number of hydrogen-bond donors (Lipinski definition) is 1. The average molecular weight is 238 g/mol. The van der Waals surface area contributed by atoms with Crippen molar-refractivity contribution in [3.8, 4) is 0 Å². The molecule has 1 fully saturated rings. The van der Waals surface area contributed by atoms with Crippen LogP contribution in [0.4, 0.5) is 0 Å². The molecule has 0 radical (unpaired) electrons. The average Bonchev–Trinajstić information content (AvgIpc) is 2.20. The van der Waals surface area contributed by atoms with Crippen molar-refractivity contribution < 1.29 is 14.6 Å². The van der Waals surface area contributed by atoms with Gasteiger partial charge in [0.05, 0.1) is 32.5 Å². The molecule has 1 aliphatic rings. The Hall–Kier alpha value is 0.580. The second-order valence-electron chi connectivity index (χ2n) is 3.03. The van der Waals surface area contributed by atoms with Crippen molar-refractivity contribution in [3.05, 3.63) is 0 Å². The molecule has 0 aliphatic carbocycles. The van der Waals surface area contributed by atoms with E-state index in [2.05, 4.69) is 0 Å². The summed E-state index contributed by atoms with van der Waals surface area (Å²) in [6.07, 6.45) is -0.189. The van der Waals surface area contributed by atoms with E-state index in [0.717, 1.165) is 36.2 Å². The van der Waals surface area contributed by atoms with Gasteiger partial charge in [0.1, 0.15) is 0 Å². The zero-order valence-electron chi connectivity index (χ0n) is 8.31. The van der Waals surface area contributed by atoms with Crippen LogP contribution in [0.25, 0.3) is 0 Å². The number of hydrogen-bond acceptors (Lipinski definition) is 5. The molecule has 1 heterocycles. The van der Waals surface area contributed by atoms with Gasteiger partial charge in [0.2, 0.25) is 0 Å². The number of rotatable bonds is 0. The second-order valence-corrected chi connectivity index (χ2v) is 5.33. The standard InChI is InChI=1S/C9H18O3S2/c10-9-7-13-5-3-11-1-2-12-4-6-14-8-9/h9-10H,1-8H2. The van der Waals surface area contributed by atoms with Crippen LogP contribution in [0.1, 0.15) is 0 Å². The summed E-state index contributed by atoms with van der Waals surface area (Å²) in [5.41, 5.74) is 0. The molecule has 0 aromatic carbocycles. The predicted molar refractivity (Wildman–Crippen MR) is 62.3 cm³/mol. The van der Waals surface area contributed by atoms with Crippen molar-refractivity contribution in [2.75, 3.05) is 49.4 Å². The summed E-state index contributed by atoms with van der Waals surface area (Å²) < 4.78 is 10.7. The quantitative estimate of drug-likeness (QED) is 0.678. The monoisotopic (exact) mass is 238 g/mol. The summed E-state index contributed by atoms with van der Waals surface area (Å²) in [6.45, 7) is 2.89. The van der Waals surface area contributed by atoms with Crippen LogP contribution in [0.3, 0.4) is 0 Å². The van der Waals surface area contributed by atoms with E-state index in [0.29, 0.717) is 13.2 Å². The van der Waals surface area contributed by atoms with E-state index in [9.17, 15) is 5.11 Å². The van der Waals surface area contributed by atoms with Gasteiger partial charge in [-0.25, -0.2) is 0 Å². The third-order valence-electron chi connectivity index (χ3n) is 1.74. The maximum Gasteiger partial charge on any atom is 0.0720 e. The second kappa shape index (κ2) is 8.85. The topological polar surface area (TPSA) is 38.7 Å². The van der Waals surface area contributed by atoms with Gasteiger partial charge in [-0.1, -0.05) is 0 Å². The van der Waals surface area contributed by atoms with Crippen molar-refractivity contribution in [2.45, 2.75) is 6.10 Å². The minimum atomic E-state index is -0.189. The molecule has 1 saturated heterocycles. The molecule has 0 amide bonds. The van der Waals surface area contributed by atoms with E-state index in [1.807, 2.05) is 0 Å². The van der Waals surface area contributed by atoms with Crippen molar-refractivity contribution in [1.29, 1.82) is 0 Å². The fraction of sp³-hybridized carbons (Fsp3) is 1.00. The Labute approximate surface area is 93.9 Å². The lowest BCUT2D eigenvalue weighted by Gasteiger charge is -2.08. The van der Waals surface area contributed by atoms with E-state index in [1.54, 1.807) is 23.5 Å². The maximum atomic E-state index is 9.54. The molecule has 0 saturated carbocycles. The normalized spacial score (nSPS) is 24.6. The Kier molecular flexibility index (Phi) is 8.00. The number of thioether (sulfide) groups is 2. The third kappa shape index (κ3) is 6.95. The molecule has 0 aromatic rings. The van der Waals surface area contributed by atoms with E-state index < -0.39 is 0 Å². The van der Waals surface area contributed by atoms with E-state index >= 15 is 0 Å². The molecule has 1 aliphatic heterocycles. The third-order valence-corrected chi connectivity index (χ3v) is 3.89. The summed E-state index contributed by atoms with van der Waals surface area (Å²) in [6, 6.07) is 0. The smallest absolute Gasteiger partial charge is 0.0720 e. The zero-order chi connectivity index (χ0) is 10.1. The molecule has 3 nitrogen and oxygen atoms in total. The summed E-state index contributed by atoms with van der Waals surface area (Å²) >= 11 is 3.51. The Morgan fingerprint density at radius 2 is 1.36 bits per heavy atom. The van der Waals surface area contributed by atoms with Gasteiger partial charge < -0.3 is 14.6 Å². The highest BCUT2D eigenvalue weighted by atomic mass is 32.2. The zero-order valence-corrected chi connectivity index (χ0v) is 9.95. The molecule has 0 spiro atoms. The van der Waals surface area contributed by atoms with Crippen LogP contribution < -0.4 is 0 Å². The van der Waals surface area contributed by atoms with Crippen LogP contribution in [0.15, 0.2) is 0 Å². The highest BCUT2D eigenvalue weighted by molar-refractivity contribution is 8.00. The Balaban J connectivity index is 2.12. The van der Waals surface area contributed by atoms with Crippen LogP contribution in [0.2, 0.25) is 0 Å². The molecule has 5 heteroatoms. The van der Waals surface area contributed by atoms with Crippen LogP contribution in [0.5, 0.6) is 0 Å². The summed E-state index contributed by atoms with van der Waals surface area (Å²) in [4.78, 5) is 0. The van der Waals surface area contributed by atoms with Gasteiger partial charge >= 0.3 is 0 Å². The van der Waals surface area contributed by atoms with Gasteiger partial charge in [-0.2, -0.15) is 23.5 Å². The molecule has 0 atom stereocenters. The van der Waals surface area contributed by atoms with Gasteiger partial charge in [0.25, 0.3) is 0 Å². The van der Waals surface area contributed by atoms with Gasteiger partial charge in [-0.3, -0.25) is 0 Å². The minimum absolute atomic E-state index is 0.189. The number of aliphatic hydroxyl groups excluding tert-OH is 1. The molecule has 14 heavy (non-hydrogen) atoms. The van der Waals surface area contributed by atoms with Crippen LogP contribution in [-0.4, -0.2) is 60.6 Å². The lowest BCUT2D eigenvalue weighted by Crippen LogP contribution is -2.14. The van der Waals surface area contributed by atoms with E-state index in [1.165, 1.54) is 0 Å². The fourth-order valence-corrected chi connectivity index (χ4v) is 2.78. The molecular weight excluding hydrogens is 220 g/mol. The summed E-state index contributed by atoms with van der Waals surface area (Å²) in [5, 5.41) is 9.54. The predicted octanol–water partition coefficient (Wildman–Crippen LogP) is 0.861. The summed E-state index contributed by atoms with van der Waals surface area (Å²) in [5.74, 6) is 3.55. The minimum Gasteiger partial charge on any atom is -0.391 e. The van der Waals surface area contributed by atoms with Crippen LogP contribution in [0, 0.1) is 0 Å². The first-order valence-electron chi connectivity index (χ1n) is 4.88. The molecular formula is C9H18O3S2. The molecule has 84 valence electrons. The van der Waals surface area contributed by atoms with Crippen LogP contribution in [-0.2, 0) is 9.47 Å². The first-order valence-corrected chi connectivity index (χ1v) is 7.19. The van der Waals surface area contributed by atoms with E-state index in [-0.39, 0.29) is 6.10 Å². The largest absolute Gasteiger partial charge is 0.391 e. The SMILES string of the molecule is OC1CSCCOCCOCCSC1. The maximum absolute atomic E-state index is 9.54. The van der Waals surface area contributed by atoms with Crippen LogP contribution >= 0.6 is 23.5 Å². The molecule has 1 rings (SSSR count). The lowest BCUT2D eigenvalue weighted by molar-refractivity contribution is 0.0605. The first-order chi connectivity index (χ1) is 6.89. The highest BCUT2D eigenvalue weighted by Crippen LogP contribution is 2.09. The molecule has 1 N–H and O–H groups in total. The molecule has 0 bridgehead atoms. The highest BCUT2D eigenvalue weighted by Gasteiger charge is 2.04. The Bertz CT molecular complexity index is 121. The summed E-state index contributed by atoms with van der Waals surface area (Å²) in [7, 11) is 0. The first kappa shape index (κ1) is 12.6.